The molecule has 29 heavy (non-hydrogen) atoms. The average Bonchev–Trinajstić information content (AvgIpc) is 2.43. The Balaban J connectivity index is -0.000000414. The minimum absolute atomic E-state index is 0.0969. The summed E-state index contributed by atoms with van der Waals surface area (Å²) in [5, 5.41) is 0. The molecule has 0 atom stereocenters. The van der Waals surface area contributed by atoms with Crippen LogP contribution in [0.3, 0.4) is 0 Å². The van der Waals surface area contributed by atoms with Crippen LogP contribution in [0.4, 0.5) is 0 Å². The molecule has 0 saturated carbocycles. The van der Waals surface area contributed by atoms with Crippen molar-refractivity contribution < 1.29 is 61.4 Å². The first-order valence-corrected chi connectivity index (χ1v) is 14.3. The van der Waals surface area contributed by atoms with Crippen LogP contribution in [-0.4, -0.2) is 65.3 Å². The molecule has 0 aliphatic rings. The molecular weight excluding hydrogens is 504 g/mol. The summed E-state index contributed by atoms with van der Waals surface area (Å²) in [7, 11) is -5.40. The SMILES string of the molecule is CC(C)O[Si](O)(OC(C)C)OC(C)C.CO[Si](O)(OC(C)C)OC(C)C.[O]=[Mo]=[O]. The third kappa shape index (κ3) is 24.5. The fraction of sp³-hybridized carbons (Fsp3) is 1.00. The van der Waals surface area contributed by atoms with Crippen molar-refractivity contribution in [3.05, 3.63) is 0 Å². The molecule has 0 aliphatic heterocycles. The van der Waals surface area contributed by atoms with Crippen molar-refractivity contribution in [3.63, 3.8) is 0 Å². The van der Waals surface area contributed by atoms with E-state index in [0.29, 0.717) is 0 Å². The molecule has 0 bridgehead atoms. The molecule has 0 saturated heterocycles. The minimum atomic E-state index is -3.44. The van der Waals surface area contributed by atoms with Crippen LogP contribution in [-0.2, 0) is 51.8 Å². The van der Waals surface area contributed by atoms with Crippen molar-refractivity contribution in [2.75, 3.05) is 7.11 Å². The van der Waals surface area contributed by atoms with Gasteiger partial charge in [-0.2, -0.15) is 0 Å². The van der Waals surface area contributed by atoms with Gasteiger partial charge in [-0.15, -0.1) is 0 Å². The second-order valence-electron chi connectivity index (χ2n) is 7.15. The van der Waals surface area contributed by atoms with E-state index in [1.807, 2.05) is 69.2 Å². The quantitative estimate of drug-likeness (QED) is 0.374. The van der Waals surface area contributed by atoms with Crippen molar-refractivity contribution in [3.8, 4) is 0 Å². The van der Waals surface area contributed by atoms with E-state index in [1.54, 1.807) is 0 Å². The van der Waals surface area contributed by atoms with E-state index < -0.39 is 36.6 Å². The van der Waals surface area contributed by atoms with E-state index in [-0.39, 0.29) is 30.5 Å². The maximum atomic E-state index is 9.99. The molecule has 0 rings (SSSR count). The molecule has 0 spiro atoms. The van der Waals surface area contributed by atoms with Gasteiger partial charge in [0.15, 0.2) is 0 Å². The van der Waals surface area contributed by atoms with Crippen LogP contribution in [0.2, 0.25) is 0 Å². The first-order chi connectivity index (χ1) is 13.1. The molecule has 0 fully saturated rings. The van der Waals surface area contributed by atoms with Gasteiger partial charge in [-0.1, -0.05) is 0 Å². The zero-order valence-electron chi connectivity index (χ0n) is 19.5. The summed E-state index contributed by atoms with van der Waals surface area (Å²) in [4.78, 5) is 19.6. The Kier molecular flexibility index (Phi) is 21.1. The molecule has 2 N–H and O–H groups in total. The molecule has 0 unspecified atom stereocenters. The molecule has 0 aromatic heterocycles. The molecule has 178 valence electrons. The van der Waals surface area contributed by atoms with E-state index in [4.69, 9.17) is 33.4 Å². The number of hydrogen-bond donors (Lipinski definition) is 2. The first kappa shape index (κ1) is 34.0. The van der Waals surface area contributed by atoms with Gasteiger partial charge in [0.2, 0.25) is 0 Å². The predicted molar refractivity (Wildman–Crippen MR) is 105 cm³/mol. The van der Waals surface area contributed by atoms with Gasteiger partial charge in [-0.05, 0) is 69.2 Å². The number of hydrogen-bond acceptors (Lipinski definition) is 10. The molecule has 0 aromatic rings. The zero-order valence-corrected chi connectivity index (χ0v) is 23.5. The Labute approximate surface area is 186 Å². The average molecular weight is 545 g/mol. The molecule has 0 aliphatic carbocycles. The normalized spacial score (nSPS) is 12.2. The third-order valence-electron chi connectivity index (χ3n) is 2.18. The summed E-state index contributed by atoms with van der Waals surface area (Å²) in [6.45, 7) is 18.3. The summed E-state index contributed by atoms with van der Waals surface area (Å²) >= 11 is -2.03. The fourth-order valence-corrected chi connectivity index (χ4v) is 5.09. The van der Waals surface area contributed by atoms with Crippen LogP contribution < -0.4 is 0 Å². The van der Waals surface area contributed by atoms with Gasteiger partial charge in [-0.25, -0.2) is 0 Å². The van der Waals surface area contributed by atoms with E-state index in [9.17, 15) is 9.59 Å². The van der Waals surface area contributed by atoms with E-state index in [2.05, 4.69) is 0 Å². The van der Waals surface area contributed by atoms with Crippen molar-refractivity contribution in [1.82, 2.24) is 0 Å². The van der Waals surface area contributed by atoms with E-state index >= 15 is 0 Å². The van der Waals surface area contributed by atoms with Gasteiger partial charge in [0.1, 0.15) is 0 Å². The molecule has 0 amide bonds. The van der Waals surface area contributed by atoms with Crippen LogP contribution in [0, 0.1) is 0 Å². The van der Waals surface area contributed by atoms with E-state index in [1.165, 1.54) is 7.11 Å². The Bertz CT molecular complexity index is 393. The monoisotopic (exact) mass is 546 g/mol. The molecule has 13 heteroatoms. The van der Waals surface area contributed by atoms with Gasteiger partial charge >= 0.3 is 43.4 Å². The Hall–Kier alpha value is 0.402. The first-order valence-electron chi connectivity index (χ1n) is 9.37. The summed E-state index contributed by atoms with van der Waals surface area (Å²) in [6.07, 6.45) is -0.516. The van der Waals surface area contributed by atoms with Gasteiger partial charge in [0.05, 0.1) is 0 Å². The van der Waals surface area contributed by atoms with Gasteiger partial charge in [-0.3, -0.25) is 0 Å². The zero-order chi connectivity index (χ0) is 23.8. The molecule has 0 heterocycles. The maximum absolute atomic E-state index is 9.99. The summed E-state index contributed by atoms with van der Waals surface area (Å²) < 4.78 is 48.0. The Morgan fingerprint density at radius 3 is 0.862 bits per heavy atom. The van der Waals surface area contributed by atoms with Crippen LogP contribution >= 0.6 is 0 Å². The topological polar surface area (TPSA) is 130 Å². The summed E-state index contributed by atoms with van der Waals surface area (Å²) in [5.41, 5.74) is 0. The van der Waals surface area contributed by atoms with Crippen LogP contribution in [0.25, 0.3) is 0 Å². The Morgan fingerprint density at radius 2 is 0.724 bits per heavy atom. The fourth-order valence-electron chi connectivity index (χ4n) is 1.70. The predicted octanol–water partition coefficient (Wildman–Crippen LogP) is 2.36. The molecule has 10 nitrogen and oxygen atoms in total. The second kappa shape index (κ2) is 18.0. The second-order valence-corrected chi connectivity index (χ2v) is 11.2. The summed E-state index contributed by atoms with van der Waals surface area (Å²) in [5.74, 6) is 0. The van der Waals surface area contributed by atoms with Gasteiger partial charge in [0.25, 0.3) is 0 Å². The number of rotatable bonds is 11. The standard InChI is InChI=1S/C9H22O4Si.C7H18O4Si.Mo.2O/c1-7(2)11-14(10,12-8(3)4)13-9(5)6;1-6(2)10-12(8,9-5)11-7(3)4;;;/h7-10H,1-6H3;6-8H,1-5H3;;;. The molecular formula is C16H40MoO10Si2. The van der Waals surface area contributed by atoms with Crippen molar-refractivity contribution in [2.24, 2.45) is 0 Å². The van der Waals surface area contributed by atoms with Crippen molar-refractivity contribution in [2.45, 2.75) is 99.8 Å². The van der Waals surface area contributed by atoms with E-state index in [0.717, 1.165) is 0 Å². The van der Waals surface area contributed by atoms with Crippen molar-refractivity contribution in [1.29, 1.82) is 0 Å². The van der Waals surface area contributed by atoms with Crippen molar-refractivity contribution >= 4 is 18.1 Å². The molecule has 0 radical (unpaired) electrons. The van der Waals surface area contributed by atoms with Crippen LogP contribution in [0.1, 0.15) is 69.2 Å². The van der Waals surface area contributed by atoms with Gasteiger partial charge in [0, 0.05) is 37.6 Å². The summed E-state index contributed by atoms with van der Waals surface area (Å²) in [6, 6.07) is 0. The van der Waals surface area contributed by atoms with Gasteiger partial charge < -0.3 is 36.1 Å². The Morgan fingerprint density at radius 1 is 0.552 bits per heavy atom. The third-order valence-corrected chi connectivity index (χ3v) is 6.54. The molecule has 0 aromatic carbocycles. The van der Waals surface area contributed by atoms with Crippen LogP contribution in [0.15, 0.2) is 0 Å². The van der Waals surface area contributed by atoms with Crippen LogP contribution in [0.5, 0.6) is 0 Å².